The van der Waals surface area contributed by atoms with Crippen LogP contribution in [0.5, 0.6) is 0 Å². The van der Waals surface area contributed by atoms with Crippen molar-refractivity contribution < 1.29 is 23.1 Å². The van der Waals surface area contributed by atoms with Gasteiger partial charge in [0.25, 0.3) is 0 Å². The van der Waals surface area contributed by atoms with Crippen molar-refractivity contribution >= 4 is 5.91 Å². The number of amides is 1. The maximum absolute atomic E-state index is 13.0. The highest BCUT2D eigenvalue weighted by Crippen LogP contribution is 2.36. The van der Waals surface area contributed by atoms with E-state index in [0.29, 0.717) is 13.0 Å². The molecule has 1 N–H and O–H groups in total. The molecule has 0 fully saturated rings. The molecule has 0 spiro atoms. The van der Waals surface area contributed by atoms with Crippen molar-refractivity contribution in [2.45, 2.75) is 44.9 Å². The number of aliphatic hydroxyl groups excluding tert-OH is 1. The van der Waals surface area contributed by atoms with Crippen LogP contribution in [0.1, 0.15) is 43.7 Å². The van der Waals surface area contributed by atoms with Gasteiger partial charge in [-0.1, -0.05) is 25.1 Å². The first-order chi connectivity index (χ1) is 10.1. The van der Waals surface area contributed by atoms with Crippen LogP contribution in [-0.4, -0.2) is 35.6 Å². The Kier molecular flexibility index (Phi) is 6.41. The molecule has 1 rings (SSSR count). The first kappa shape index (κ1) is 18.5. The van der Waals surface area contributed by atoms with Crippen LogP contribution in [-0.2, 0) is 11.0 Å². The molecule has 1 aromatic carbocycles. The van der Waals surface area contributed by atoms with Gasteiger partial charge in [0, 0.05) is 20.0 Å². The highest BCUT2D eigenvalue weighted by atomic mass is 19.4. The molecular formula is C16H22F3NO2. The highest BCUT2D eigenvalue weighted by molar-refractivity contribution is 5.76. The largest absolute Gasteiger partial charge is 0.416 e. The second kappa shape index (κ2) is 7.63. The number of halogens is 3. The summed E-state index contributed by atoms with van der Waals surface area (Å²) < 4.78 is 39.0. The number of hydrogen-bond acceptors (Lipinski definition) is 2. The zero-order valence-electron chi connectivity index (χ0n) is 13.0. The van der Waals surface area contributed by atoms with Crippen molar-refractivity contribution in [2.75, 3.05) is 13.6 Å². The molecule has 1 amide bonds. The van der Waals surface area contributed by atoms with Gasteiger partial charge in [0.05, 0.1) is 11.7 Å². The van der Waals surface area contributed by atoms with Crippen LogP contribution in [0.3, 0.4) is 0 Å². The van der Waals surface area contributed by atoms with Crippen molar-refractivity contribution in [1.82, 2.24) is 4.90 Å². The second-order valence-electron chi connectivity index (χ2n) is 5.64. The average Bonchev–Trinajstić information content (AvgIpc) is 2.43. The predicted molar refractivity (Wildman–Crippen MR) is 78.4 cm³/mol. The third kappa shape index (κ3) is 5.33. The molecule has 0 aliphatic carbocycles. The molecule has 0 aromatic heterocycles. The minimum atomic E-state index is -4.42. The van der Waals surface area contributed by atoms with Crippen LogP contribution in [0.4, 0.5) is 13.2 Å². The molecule has 0 radical (unpaired) electrons. The quantitative estimate of drug-likeness (QED) is 0.873. The monoisotopic (exact) mass is 317 g/mol. The predicted octanol–water partition coefficient (Wildman–Crippen LogP) is 3.43. The van der Waals surface area contributed by atoms with Gasteiger partial charge in [-0.15, -0.1) is 0 Å². The zero-order chi connectivity index (χ0) is 16.9. The lowest BCUT2D eigenvalue weighted by atomic mass is 9.92. The fourth-order valence-electron chi connectivity index (χ4n) is 2.22. The number of nitrogens with zero attached hydrogens (tertiary/aromatic N) is 1. The summed E-state index contributed by atoms with van der Waals surface area (Å²) in [6.45, 7) is 3.62. The van der Waals surface area contributed by atoms with Crippen molar-refractivity contribution in [3.63, 3.8) is 0 Å². The molecule has 2 unspecified atom stereocenters. The molecule has 0 aliphatic rings. The Hall–Kier alpha value is -1.56. The van der Waals surface area contributed by atoms with E-state index in [2.05, 4.69) is 0 Å². The third-order valence-corrected chi connectivity index (χ3v) is 3.59. The minimum Gasteiger partial charge on any atom is -0.393 e. The normalized spacial score (nSPS) is 14.5. The van der Waals surface area contributed by atoms with Crippen molar-refractivity contribution in [1.29, 1.82) is 0 Å². The van der Waals surface area contributed by atoms with E-state index < -0.39 is 23.8 Å². The van der Waals surface area contributed by atoms with E-state index in [0.717, 1.165) is 6.07 Å². The Morgan fingerprint density at radius 3 is 2.41 bits per heavy atom. The van der Waals surface area contributed by atoms with Crippen molar-refractivity contribution in [2.24, 2.45) is 0 Å². The number of carbonyl (C=O) groups excluding carboxylic acids is 1. The Bertz CT molecular complexity index is 500. The van der Waals surface area contributed by atoms with Gasteiger partial charge in [-0.05, 0) is 30.9 Å². The van der Waals surface area contributed by atoms with Gasteiger partial charge in [0.1, 0.15) is 0 Å². The standard InChI is InChI=1S/C16H22F3NO2/c1-11(10-15(22)20(3)9-8-12(2)21)13-6-4-5-7-14(13)16(17,18)19/h4-7,11-12,21H,8-10H2,1-3H3. The molecule has 0 aliphatic heterocycles. The van der Waals surface area contributed by atoms with Gasteiger partial charge in [0.15, 0.2) is 0 Å². The van der Waals surface area contributed by atoms with Crippen LogP contribution in [0.25, 0.3) is 0 Å². The molecule has 2 atom stereocenters. The van der Waals surface area contributed by atoms with Gasteiger partial charge in [0.2, 0.25) is 5.91 Å². The Labute approximate surface area is 128 Å². The van der Waals surface area contributed by atoms with Gasteiger partial charge in [-0.25, -0.2) is 0 Å². The van der Waals surface area contributed by atoms with Crippen LogP contribution in [0.15, 0.2) is 24.3 Å². The molecule has 0 saturated heterocycles. The number of alkyl halides is 3. The summed E-state index contributed by atoms with van der Waals surface area (Å²) in [6, 6.07) is 5.34. The van der Waals surface area contributed by atoms with E-state index in [-0.39, 0.29) is 17.9 Å². The van der Waals surface area contributed by atoms with Gasteiger partial charge >= 0.3 is 6.18 Å². The van der Waals surface area contributed by atoms with E-state index in [1.54, 1.807) is 27.0 Å². The summed E-state index contributed by atoms with van der Waals surface area (Å²) in [4.78, 5) is 13.5. The first-order valence-electron chi connectivity index (χ1n) is 7.21. The van der Waals surface area contributed by atoms with E-state index >= 15 is 0 Å². The Balaban J connectivity index is 2.77. The van der Waals surface area contributed by atoms with Crippen LogP contribution >= 0.6 is 0 Å². The highest BCUT2D eigenvalue weighted by Gasteiger charge is 2.34. The van der Waals surface area contributed by atoms with Gasteiger partial charge < -0.3 is 10.0 Å². The summed E-state index contributed by atoms with van der Waals surface area (Å²) in [6.07, 6.45) is -4.50. The molecular weight excluding hydrogens is 295 g/mol. The molecule has 0 heterocycles. The zero-order valence-corrected chi connectivity index (χ0v) is 13.0. The Morgan fingerprint density at radius 1 is 1.27 bits per heavy atom. The summed E-state index contributed by atoms with van der Waals surface area (Å²) >= 11 is 0. The number of rotatable bonds is 6. The van der Waals surface area contributed by atoms with Crippen molar-refractivity contribution in [3.8, 4) is 0 Å². The van der Waals surface area contributed by atoms with Gasteiger partial charge in [-0.3, -0.25) is 4.79 Å². The lowest BCUT2D eigenvalue weighted by Gasteiger charge is -2.22. The van der Waals surface area contributed by atoms with E-state index in [1.807, 2.05) is 0 Å². The fraction of sp³-hybridized carbons (Fsp3) is 0.562. The van der Waals surface area contributed by atoms with Crippen LogP contribution < -0.4 is 0 Å². The summed E-state index contributed by atoms with van der Waals surface area (Å²) in [5, 5.41) is 9.21. The number of carbonyl (C=O) groups is 1. The van der Waals surface area contributed by atoms with Crippen LogP contribution in [0.2, 0.25) is 0 Å². The first-order valence-corrected chi connectivity index (χ1v) is 7.21. The smallest absolute Gasteiger partial charge is 0.393 e. The number of hydrogen-bond donors (Lipinski definition) is 1. The summed E-state index contributed by atoms with van der Waals surface area (Å²) in [5.41, 5.74) is -0.561. The van der Waals surface area contributed by atoms with Gasteiger partial charge in [-0.2, -0.15) is 13.2 Å². The fourth-order valence-corrected chi connectivity index (χ4v) is 2.22. The Morgan fingerprint density at radius 2 is 1.86 bits per heavy atom. The molecule has 22 heavy (non-hydrogen) atoms. The molecule has 0 bridgehead atoms. The second-order valence-corrected chi connectivity index (χ2v) is 5.64. The molecule has 0 saturated carbocycles. The molecule has 124 valence electrons. The molecule has 3 nitrogen and oxygen atoms in total. The summed E-state index contributed by atoms with van der Waals surface area (Å²) in [5.74, 6) is -0.760. The molecule has 1 aromatic rings. The van der Waals surface area contributed by atoms with E-state index in [1.165, 1.54) is 17.0 Å². The topological polar surface area (TPSA) is 40.5 Å². The number of benzene rings is 1. The lowest BCUT2D eigenvalue weighted by Crippen LogP contribution is -2.30. The number of aliphatic hydroxyl groups is 1. The van der Waals surface area contributed by atoms with E-state index in [9.17, 15) is 23.1 Å². The van der Waals surface area contributed by atoms with Crippen molar-refractivity contribution in [3.05, 3.63) is 35.4 Å². The maximum atomic E-state index is 13.0. The maximum Gasteiger partial charge on any atom is 0.416 e. The lowest BCUT2D eigenvalue weighted by molar-refractivity contribution is -0.139. The van der Waals surface area contributed by atoms with E-state index in [4.69, 9.17) is 0 Å². The molecule has 6 heteroatoms. The minimum absolute atomic E-state index is 0.00338. The third-order valence-electron chi connectivity index (χ3n) is 3.59. The average molecular weight is 317 g/mol. The SMILES string of the molecule is CC(O)CCN(C)C(=O)CC(C)c1ccccc1C(F)(F)F. The summed E-state index contributed by atoms with van der Waals surface area (Å²) in [7, 11) is 1.59. The van der Waals surface area contributed by atoms with Crippen LogP contribution in [0, 0.1) is 0 Å².